The molecule has 0 saturated heterocycles. The van der Waals surface area contributed by atoms with Crippen LogP contribution in [0.15, 0.2) is 48.5 Å². The van der Waals surface area contributed by atoms with Gasteiger partial charge in [-0.05, 0) is 36.8 Å². The Bertz CT molecular complexity index is 818. The second kappa shape index (κ2) is 10.0. The van der Waals surface area contributed by atoms with Crippen molar-refractivity contribution in [2.75, 3.05) is 0 Å². The summed E-state index contributed by atoms with van der Waals surface area (Å²) in [4.78, 5) is 0. The predicted octanol–water partition coefficient (Wildman–Crippen LogP) is 7.67. The van der Waals surface area contributed by atoms with E-state index in [2.05, 4.69) is 76.2 Å². The summed E-state index contributed by atoms with van der Waals surface area (Å²) in [6, 6.07) is 18.1. The third-order valence-electron chi connectivity index (χ3n) is 4.47. The molecule has 3 aromatic rings. The maximum atomic E-state index is 4.93. The first-order valence-corrected chi connectivity index (χ1v) is 15.1. The van der Waals surface area contributed by atoms with Gasteiger partial charge in [0.1, 0.15) is 0 Å². The fourth-order valence-corrected chi connectivity index (χ4v) is 3.47. The molecule has 25 heavy (non-hydrogen) atoms. The van der Waals surface area contributed by atoms with Crippen molar-refractivity contribution in [2.45, 2.75) is 40.5 Å². The fourth-order valence-electron chi connectivity index (χ4n) is 3.47. The Balaban J connectivity index is 0.000000701. The first-order valence-electron chi connectivity index (χ1n) is 8.75. The van der Waals surface area contributed by atoms with E-state index in [-0.39, 0.29) is 0 Å². The molecule has 0 nitrogen and oxygen atoms in total. The Morgan fingerprint density at radius 2 is 1.76 bits per heavy atom. The van der Waals surface area contributed by atoms with Crippen molar-refractivity contribution in [3.8, 4) is 11.1 Å². The van der Waals surface area contributed by atoms with Crippen molar-refractivity contribution in [3.05, 3.63) is 65.2 Å². The molecule has 132 valence electrons. The van der Waals surface area contributed by atoms with Gasteiger partial charge in [-0.3, -0.25) is 0 Å². The molecule has 0 amide bonds. The first-order chi connectivity index (χ1) is 12.0. The van der Waals surface area contributed by atoms with E-state index in [0.29, 0.717) is 5.92 Å². The Morgan fingerprint density at radius 1 is 1.08 bits per heavy atom. The molecule has 0 atom stereocenters. The number of fused-ring (bicyclic) bond motifs is 1. The molecule has 0 aliphatic heterocycles. The van der Waals surface area contributed by atoms with Crippen molar-refractivity contribution in [3.63, 3.8) is 0 Å². The minimum absolute atomic E-state index is 0.698. The molecule has 0 saturated carbocycles. The normalized spacial score (nSPS) is 10.7. The molecular formula is C22H25Cl2Zr-. The summed E-state index contributed by atoms with van der Waals surface area (Å²) in [5.74, 6) is 0.698. The van der Waals surface area contributed by atoms with Gasteiger partial charge in [-0.2, -0.15) is 6.07 Å². The summed E-state index contributed by atoms with van der Waals surface area (Å²) in [7, 11) is 9.87. The van der Waals surface area contributed by atoms with Crippen molar-refractivity contribution < 1.29 is 20.8 Å². The molecule has 3 aromatic carbocycles. The zero-order valence-corrected chi connectivity index (χ0v) is 19.3. The van der Waals surface area contributed by atoms with Gasteiger partial charge in [0.15, 0.2) is 0 Å². The standard InChI is InChI=1S/C22H25.2ClH.Zr/c1-5-18-8-6-7-9-20(18)22-16(4)10-11-19-13-17(12-15(2)3)14-21(19)22;;;/h6-11,13-15H,5,12H2,1-4H3;2*1H;/q-1;;;+2/p-2. The summed E-state index contributed by atoms with van der Waals surface area (Å²) in [6.07, 6.45) is 2.23. The van der Waals surface area contributed by atoms with Crippen LogP contribution in [-0.2, 0) is 33.7 Å². The number of aryl methyl sites for hydroxylation is 2. The Morgan fingerprint density at radius 3 is 2.40 bits per heavy atom. The van der Waals surface area contributed by atoms with Crippen LogP contribution in [0.5, 0.6) is 0 Å². The van der Waals surface area contributed by atoms with Gasteiger partial charge in [0.2, 0.25) is 0 Å². The Hall–Kier alpha value is -0.487. The molecule has 0 bridgehead atoms. The van der Waals surface area contributed by atoms with Gasteiger partial charge in [0.05, 0.1) is 0 Å². The zero-order chi connectivity index (χ0) is 18.4. The number of benzene rings is 2. The number of hydrogen-bond acceptors (Lipinski definition) is 0. The van der Waals surface area contributed by atoms with E-state index < -0.39 is 20.8 Å². The van der Waals surface area contributed by atoms with Gasteiger partial charge in [-0.1, -0.05) is 56.2 Å². The molecule has 0 unspecified atom stereocenters. The van der Waals surface area contributed by atoms with Gasteiger partial charge < -0.3 is 0 Å². The van der Waals surface area contributed by atoms with E-state index in [1.807, 2.05) is 0 Å². The van der Waals surface area contributed by atoms with Crippen LogP contribution < -0.4 is 0 Å². The minimum atomic E-state index is -0.826. The fraction of sp³-hybridized carbons (Fsp3) is 0.318. The molecule has 0 aliphatic carbocycles. The quantitative estimate of drug-likeness (QED) is 0.357. The zero-order valence-electron chi connectivity index (χ0n) is 15.4. The average Bonchev–Trinajstić information content (AvgIpc) is 2.97. The average molecular weight is 452 g/mol. The van der Waals surface area contributed by atoms with Gasteiger partial charge in [0, 0.05) is 0 Å². The maximum absolute atomic E-state index is 4.93. The van der Waals surface area contributed by atoms with Crippen LogP contribution in [0.1, 0.15) is 37.5 Å². The molecule has 0 aliphatic rings. The molecule has 0 aromatic heterocycles. The van der Waals surface area contributed by atoms with Crippen molar-refractivity contribution in [2.24, 2.45) is 5.92 Å². The van der Waals surface area contributed by atoms with Crippen LogP contribution in [0.4, 0.5) is 0 Å². The molecule has 3 heteroatoms. The van der Waals surface area contributed by atoms with Crippen molar-refractivity contribution in [1.82, 2.24) is 0 Å². The van der Waals surface area contributed by atoms with Crippen LogP contribution in [0.3, 0.4) is 0 Å². The van der Waals surface area contributed by atoms with Crippen molar-refractivity contribution in [1.29, 1.82) is 0 Å². The van der Waals surface area contributed by atoms with Crippen molar-refractivity contribution >= 4 is 27.8 Å². The molecular weight excluding hydrogens is 426 g/mol. The van der Waals surface area contributed by atoms with E-state index in [4.69, 9.17) is 17.0 Å². The van der Waals surface area contributed by atoms with Crippen LogP contribution in [0, 0.1) is 12.8 Å². The first kappa shape index (κ1) is 20.8. The summed E-state index contributed by atoms with van der Waals surface area (Å²) < 4.78 is 0. The Kier molecular flexibility index (Phi) is 8.33. The van der Waals surface area contributed by atoms with Gasteiger partial charge in [0.25, 0.3) is 0 Å². The van der Waals surface area contributed by atoms with E-state index in [9.17, 15) is 0 Å². The number of rotatable bonds is 4. The van der Waals surface area contributed by atoms with E-state index in [0.717, 1.165) is 12.8 Å². The summed E-state index contributed by atoms with van der Waals surface area (Å²) in [6.45, 7) is 9.05. The molecule has 0 spiro atoms. The van der Waals surface area contributed by atoms with Crippen LogP contribution in [0.25, 0.3) is 21.9 Å². The van der Waals surface area contributed by atoms with E-state index in [1.165, 1.54) is 38.6 Å². The van der Waals surface area contributed by atoms with Crippen LogP contribution >= 0.6 is 17.0 Å². The van der Waals surface area contributed by atoms with Gasteiger partial charge in [-0.25, -0.2) is 0 Å². The third kappa shape index (κ3) is 5.25. The Labute approximate surface area is 170 Å². The van der Waals surface area contributed by atoms with E-state index >= 15 is 0 Å². The summed E-state index contributed by atoms with van der Waals surface area (Å²) >= 11 is -0.826. The molecule has 0 radical (unpaired) electrons. The predicted molar refractivity (Wildman–Crippen MR) is 109 cm³/mol. The second-order valence-corrected chi connectivity index (χ2v) is 10.5. The topological polar surface area (TPSA) is 0 Å². The molecule has 0 fully saturated rings. The summed E-state index contributed by atoms with van der Waals surface area (Å²) in [5, 5.41) is 2.79. The van der Waals surface area contributed by atoms with Gasteiger partial charge in [-0.15, -0.1) is 34.5 Å². The second-order valence-electron chi connectivity index (χ2n) is 6.80. The SMILES string of the molecule is CCc1ccccc1-c1c(C)ccc2[cH-]c(CC(C)C)cc12.[Cl][Zr][Cl]. The number of halogens is 2. The number of hydrogen-bond donors (Lipinski definition) is 0. The van der Waals surface area contributed by atoms with E-state index in [1.54, 1.807) is 0 Å². The third-order valence-corrected chi connectivity index (χ3v) is 4.47. The molecule has 0 N–H and O–H groups in total. The van der Waals surface area contributed by atoms with Gasteiger partial charge >= 0.3 is 37.9 Å². The van der Waals surface area contributed by atoms with Crippen LogP contribution in [0.2, 0.25) is 0 Å². The molecule has 3 rings (SSSR count). The van der Waals surface area contributed by atoms with Crippen LogP contribution in [-0.4, -0.2) is 0 Å². The summed E-state index contributed by atoms with van der Waals surface area (Å²) in [5.41, 5.74) is 7.09. The molecule has 0 heterocycles. The monoisotopic (exact) mass is 449 g/mol.